The zero-order valence-electron chi connectivity index (χ0n) is 30.9. The zero-order chi connectivity index (χ0) is 39.1. The Hall–Kier alpha value is -6.98. The lowest BCUT2D eigenvalue weighted by molar-refractivity contribution is 0.0991. The number of amides is 4. The Morgan fingerprint density at radius 1 is 0.818 bits per heavy atom. The molecule has 0 saturated carbocycles. The molecule has 1 aliphatic rings. The number of carbonyl (C=O) groups is 4. The van der Waals surface area contributed by atoms with E-state index < -0.39 is 23.6 Å². The minimum atomic E-state index is -0.653. The van der Waals surface area contributed by atoms with Crippen LogP contribution >= 0.6 is 0 Å². The topological polar surface area (TPSA) is 234 Å². The molecule has 0 spiro atoms. The van der Waals surface area contributed by atoms with Crippen LogP contribution in [0.5, 0.6) is 11.5 Å². The molecule has 4 amide bonds. The van der Waals surface area contributed by atoms with Gasteiger partial charge in [0.25, 0.3) is 11.8 Å². The monoisotopic (exact) mass is 748 g/mol. The van der Waals surface area contributed by atoms with Crippen molar-refractivity contribution < 1.29 is 28.7 Å². The van der Waals surface area contributed by atoms with Crippen molar-refractivity contribution in [1.29, 1.82) is 0 Å². The molecule has 0 unspecified atom stereocenters. The summed E-state index contributed by atoms with van der Waals surface area (Å²) < 4.78 is 18.7. The number of primary amides is 2. The molecule has 0 bridgehead atoms. The molecule has 55 heavy (non-hydrogen) atoms. The minimum absolute atomic E-state index is 0.198. The Morgan fingerprint density at radius 3 is 1.96 bits per heavy atom. The Labute approximate surface area is 314 Å². The van der Waals surface area contributed by atoms with Gasteiger partial charge in [-0.1, -0.05) is 12.2 Å². The molecule has 2 aromatic carbocycles. The number of aromatic nitrogens is 8. The fourth-order valence-electron chi connectivity index (χ4n) is 6.83. The fraction of sp³-hybridized carbons (Fsp3) is 0.297. The van der Waals surface area contributed by atoms with E-state index in [-0.39, 0.29) is 42.2 Å². The molecule has 284 valence electrons. The molecule has 1 aliphatic heterocycles. The van der Waals surface area contributed by atoms with Crippen LogP contribution in [0.2, 0.25) is 0 Å². The van der Waals surface area contributed by atoms with Gasteiger partial charge in [0.05, 0.1) is 35.6 Å². The lowest BCUT2D eigenvalue weighted by Gasteiger charge is -2.26. The molecule has 4 aromatic heterocycles. The van der Waals surface area contributed by atoms with Gasteiger partial charge >= 0.3 is 0 Å². The molecule has 0 fully saturated rings. The van der Waals surface area contributed by atoms with E-state index in [1.54, 1.807) is 44.3 Å². The molecule has 0 saturated heterocycles. The van der Waals surface area contributed by atoms with Gasteiger partial charge in [0.1, 0.15) is 40.5 Å². The van der Waals surface area contributed by atoms with Gasteiger partial charge in [0, 0.05) is 30.8 Å². The standard InChI is InChI=1S/C37H40N12O6/c1-6-47-26(12-19(3)44-47)34(52)42-36-40-24-14-21(32(38)50)16-28(54-5)30(24)46(36)11-9-8-10-23-18-55-29-17-22(33(39)51)15-25-31(29)49(23)37(41-25)43-35(53)27-13-20(4)45-48(27)7-2/h8-9,12-17,23H,6-7,10-11,18H2,1-5H3,(H2,38,50)(H2,39,51)(H,40,42,52)(H,41,43,53)/b9-8+/t23-/m0/s1. The average Bonchev–Trinajstić information content (AvgIpc) is 3.93. The second-order valence-electron chi connectivity index (χ2n) is 13.0. The minimum Gasteiger partial charge on any atom is -0.494 e. The van der Waals surface area contributed by atoms with E-state index in [1.165, 1.54) is 13.2 Å². The van der Waals surface area contributed by atoms with E-state index in [0.29, 0.717) is 75.9 Å². The number of carbonyl (C=O) groups excluding carboxylic acids is 4. The van der Waals surface area contributed by atoms with Crippen molar-refractivity contribution >= 4 is 57.6 Å². The highest BCUT2D eigenvalue weighted by molar-refractivity contribution is 6.05. The first kappa shape index (κ1) is 36.4. The van der Waals surface area contributed by atoms with Gasteiger partial charge in [0.15, 0.2) is 0 Å². The van der Waals surface area contributed by atoms with Crippen LogP contribution in [0.25, 0.3) is 22.1 Å². The summed E-state index contributed by atoms with van der Waals surface area (Å²) in [5.41, 5.74) is 15.7. The highest BCUT2D eigenvalue weighted by atomic mass is 16.5. The van der Waals surface area contributed by atoms with Crippen molar-refractivity contribution in [1.82, 2.24) is 38.7 Å². The zero-order valence-corrected chi connectivity index (χ0v) is 30.9. The van der Waals surface area contributed by atoms with Crippen LogP contribution in [-0.2, 0) is 19.6 Å². The number of nitrogens with two attached hydrogens (primary N) is 2. The summed E-state index contributed by atoms with van der Waals surface area (Å²) in [6, 6.07) is 9.29. The number of aryl methyl sites for hydroxylation is 4. The number of imidazole rings is 2. The summed E-state index contributed by atoms with van der Waals surface area (Å²) in [7, 11) is 1.47. The molecular weight excluding hydrogens is 708 g/mol. The number of anilines is 2. The number of fused-ring (bicyclic) bond motifs is 1. The van der Waals surface area contributed by atoms with Gasteiger partial charge in [-0.15, -0.1) is 0 Å². The van der Waals surface area contributed by atoms with E-state index in [9.17, 15) is 19.2 Å². The number of nitrogens with one attached hydrogen (secondary N) is 2. The first-order valence-corrected chi connectivity index (χ1v) is 17.6. The lowest BCUT2D eigenvalue weighted by atomic mass is 10.1. The van der Waals surface area contributed by atoms with Crippen LogP contribution in [-0.4, -0.2) is 76.0 Å². The van der Waals surface area contributed by atoms with Crippen molar-refractivity contribution in [2.24, 2.45) is 11.5 Å². The molecule has 1 atom stereocenters. The van der Waals surface area contributed by atoms with E-state index >= 15 is 0 Å². The number of hydrogen-bond acceptors (Lipinski definition) is 10. The predicted molar refractivity (Wildman–Crippen MR) is 203 cm³/mol. The fourth-order valence-corrected chi connectivity index (χ4v) is 6.83. The first-order valence-electron chi connectivity index (χ1n) is 17.6. The van der Waals surface area contributed by atoms with Gasteiger partial charge in [0.2, 0.25) is 23.7 Å². The van der Waals surface area contributed by atoms with Crippen molar-refractivity contribution in [3.8, 4) is 11.5 Å². The number of ether oxygens (including phenoxy) is 2. The van der Waals surface area contributed by atoms with Gasteiger partial charge in [-0.25, -0.2) is 9.97 Å². The Morgan fingerprint density at radius 2 is 1.38 bits per heavy atom. The highest BCUT2D eigenvalue weighted by Crippen LogP contribution is 2.38. The molecule has 7 rings (SSSR count). The number of nitrogens with zero attached hydrogens (tertiary/aromatic N) is 8. The summed E-state index contributed by atoms with van der Waals surface area (Å²) in [5, 5.41) is 14.6. The Kier molecular flexibility index (Phi) is 9.56. The maximum atomic E-state index is 13.6. The average molecular weight is 749 g/mol. The summed E-state index contributed by atoms with van der Waals surface area (Å²) >= 11 is 0. The molecule has 6 N–H and O–H groups in total. The maximum absolute atomic E-state index is 13.6. The smallest absolute Gasteiger partial charge is 0.276 e. The summed E-state index contributed by atoms with van der Waals surface area (Å²) in [4.78, 5) is 60.7. The van der Waals surface area contributed by atoms with Crippen molar-refractivity contribution in [2.75, 3.05) is 24.4 Å². The van der Waals surface area contributed by atoms with Crippen LogP contribution in [0.1, 0.15) is 79.4 Å². The molecule has 18 nitrogen and oxygen atoms in total. The molecular formula is C37H40N12O6. The highest BCUT2D eigenvalue weighted by Gasteiger charge is 2.29. The van der Waals surface area contributed by atoms with Crippen LogP contribution in [0.4, 0.5) is 11.9 Å². The second-order valence-corrected chi connectivity index (χ2v) is 13.0. The number of hydrogen-bond donors (Lipinski definition) is 4. The SMILES string of the molecule is CCn1nc(C)cc1C(=O)Nc1nc2cc(C(N)=O)cc(OC)c2n1C/C=C/C[C@H]1COc2cc(C(N)=O)cc3nc(NC(=O)c4cc(C)nn4CC)n1c23. The Balaban J connectivity index is 1.22. The van der Waals surface area contributed by atoms with Gasteiger partial charge < -0.3 is 25.5 Å². The first-order chi connectivity index (χ1) is 26.4. The quantitative estimate of drug-likeness (QED) is 0.125. The van der Waals surface area contributed by atoms with Crippen molar-refractivity contribution in [3.63, 3.8) is 0 Å². The largest absolute Gasteiger partial charge is 0.494 e. The molecule has 5 heterocycles. The van der Waals surface area contributed by atoms with E-state index in [2.05, 4.69) is 25.8 Å². The summed E-state index contributed by atoms with van der Waals surface area (Å²) in [6.45, 7) is 8.83. The third-order valence-electron chi connectivity index (χ3n) is 9.32. The normalized spacial score (nSPS) is 13.7. The van der Waals surface area contributed by atoms with E-state index in [0.717, 1.165) is 0 Å². The van der Waals surface area contributed by atoms with Gasteiger partial charge in [-0.2, -0.15) is 10.2 Å². The third kappa shape index (κ3) is 6.73. The van der Waals surface area contributed by atoms with Crippen LogP contribution in [0.3, 0.4) is 0 Å². The number of methoxy groups -OCH3 is 1. The third-order valence-corrected chi connectivity index (χ3v) is 9.32. The van der Waals surface area contributed by atoms with Crippen LogP contribution < -0.4 is 31.6 Å². The Bertz CT molecular complexity index is 2560. The summed E-state index contributed by atoms with van der Waals surface area (Å²) in [6.07, 6.45) is 4.28. The predicted octanol–water partition coefficient (Wildman–Crippen LogP) is 3.73. The number of allylic oxidation sites excluding steroid dienone is 2. The van der Waals surface area contributed by atoms with Crippen LogP contribution in [0.15, 0.2) is 48.6 Å². The molecule has 18 heteroatoms. The van der Waals surface area contributed by atoms with E-state index in [4.69, 9.17) is 25.9 Å². The van der Waals surface area contributed by atoms with Crippen molar-refractivity contribution in [2.45, 2.75) is 59.8 Å². The summed E-state index contributed by atoms with van der Waals surface area (Å²) in [5.74, 6) is -0.839. The number of benzene rings is 2. The van der Waals surface area contributed by atoms with Crippen molar-refractivity contribution in [3.05, 3.63) is 82.5 Å². The number of rotatable bonds is 13. The molecule has 0 radical (unpaired) electrons. The van der Waals surface area contributed by atoms with Gasteiger partial charge in [-0.3, -0.25) is 43.7 Å². The maximum Gasteiger partial charge on any atom is 0.276 e. The molecule has 6 aromatic rings. The van der Waals surface area contributed by atoms with E-state index in [1.807, 2.05) is 44.4 Å². The van der Waals surface area contributed by atoms with Gasteiger partial charge in [-0.05, 0) is 70.5 Å². The second kappa shape index (κ2) is 14.4. The lowest BCUT2D eigenvalue weighted by Crippen LogP contribution is -2.26. The van der Waals surface area contributed by atoms with Crippen LogP contribution in [0, 0.1) is 13.8 Å². The molecule has 0 aliphatic carbocycles.